The summed E-state index contributed by atoms with van der Waals surface area (Å²) in [6, 6.07) is 8.30. The van der Waals surface area contributed by atoms with E-state index in [0.29, 0.717) is 5.75 Å². The van der Waals surface area contributed by atoms with Crippen molar-refractivity contribution in [3.05, 3.63) is 42.5 Å². The van der Waals surface area contributed by atoms with Gasteiger partial charge in [-0.3, -0.25) is 0 Å². The lowest BCUT2D eigenvalue weighted by atomic mass is 10.3. The van der Waals surface area contributed by atoms with Gasteiger partial charge in [-0.05, 0) is 19.1 Å². The van der Waals surface area contributed by atoms with Crippen LogP contribution in [0.4, 0.5) is 0 Å². The Labute approximate surface area is 105 Å². The molecule has 96 valence electrons. The van der Waals surface area contributed by atoms with Gasteiger partial charge in [-0.15, -0.1) is 0 Å². The van der Waals surface area contributed by atoms with Crippen molar-refractivity contribution in [1.82, 2.24) is 0 Å². The van der Waals surface area contributed by atoms with Crippen LogP contribution >= 0.6 is 0 Å². The van der Waals surface area contributed by atoms with E-state index < -0.39 is 24.6 Å². The molecule has 18 heavy (non-hydrogen) atoms. The van der Waals surface area contributed by atoms with E-state index in [-0.39, 0.29) is 5.57 Å². The van der Waals surface area contributed by atoms with E-state index >= 15 is 0 Å². The van der Waals surface area contributed by atoms with Gasteiger partial charge in [0.2, 0.25) is 0 Å². The van der Waals surface area contributed by atoms with Crippen LogP contribution in [0.25, 0.3) is 0 Å². The lowest BCUT2D eigenvalue weighted by Crippen LogP contribution is -2.31. The highest BCUT2D eigenvalue weighted by molar-refractivity contribution is 5.87. The third-order valence-electron chi connectivity index (χ3n) is 1.95. The SMILES string of the molecule is C=C(C)C(=O)OCC(O)C(=O)Oc1ccccc1. The highest BCUT2D eigenvalue weighted by Crippen LogP contribution is 2.09. The summed E-state index contributed by atoms with van der Waals surface area (Å²) in [7, 11) is 0. The summed E-state index contributed by atoms with van der Waals surface area (Å²) in [5.74, 6) is -1.23. The van der Waals surface area contributed by atoms with Crippen molar-refractivity contribution >= 4 is 11.9 Å². The molecule has 0 amide bonds. The van der Waals surface area contributed by atoms with Crippen LogP contribution < -0.4 is 4.74 Å². The first-order valence-electron chi connectivity index (χ1n) is 5.28. The van der Waals surface area contributed by atoms with Gasteiger partial charge in [0.15, 0.2) is 6.10 Å². The number of carbonyl (C=O) groups excluding carboxylic acids is 2. The Hall–Kier alpha value is -2.14. The van der Waals surface area contributed by atoms with Crippen LogP contribution in [0.2, 0.25) is 0 Å². The van der Waals surface area contributed by atoms with E-state index in [0.717, 1.165) is 0 Å². The average Bonchev–Trinajstić information content (AvgIpc) is 2.36. The Morgan fingerprint density at radius 1 is 1.33 bits per heavy atom. The van der Waals surface area contributed by atoms with Crippen molar-refractivity contribution in [2.75, 3.05) is 6.61 Å². The number of hydrogen-bond donors (Lipinski definition) is 1. The maximum atomic E-state index is 11.4. The fourth-order valence-corrected chi connectivity index (χ4v) is 1.02. The second kappa shape index (κ2) is 6.56. The summed E-state index contributed by atoms with van der Waals surface area (Å²) in [6.07, 6.45) is -1.52. The first-order valence-corrected chi connectivity index (χ1v) is 5.28. The molecule has 1 rings (SSSR count). The van der Waals surface area contributed by atoms with Crippen LogP contribution in [0.1, 0.15) is 6.92 Å². The molecule has 0 radical (unpaired) electrons. The minimum atomic E-state index is -1.52. The molecule has 0 aliphatic heterocycles. The van der Waals surface area contributed by atoms with Crippen LogP contribution in [0.5, 0.6) is 5.75 Å². The molecular weight excluding hydrogens is 236 g/mol. The number of hydrogen-bond acceptors (Lipinski definition) is 5. The second-order valence-corrected chi connectivity index (χ2v) is 3.63. The smallest absolute Gasteiger partial charge is 0.343 e. The fourth-order valence-electron chi connectivity index (χ4n) is 1.02. The van der Waals surface area contributed by atoms with Crippen molar-refractivity contribution in [3.8, 4) is 5.75 Å². The molecule has 0 spiro atoms. The average molecular weight is 250 g/mol. The number of aliphatic hydroxyl groups excluding tert-OH is 1. The van der Waals surface area contributed by atoms with E-state index in [1.165, 1.54) is 6.92 Å². The Kier molecular flexibility index (Phi) is 5.07. The van der Waals surface area contributed by atoms with Crippen molar-refractivity contribution < 1.29 is 24.2 Å². The summed E-state index contributed by atoms with van der Waals surface area (Å²) in [5.41, 5.74) is 0.193. The van der Waals surface area contributed by atoms with Crippen molar-refractivity contribution in [1.29, 1.82) is 0 Å². The van der Waals surface area contributed by atoms with E-state index in [1.54, 1.807) is 30.3 Å². The molecule has 0 saturated heterocycles. The Morgan fingerprint density at radius 2 is 1.94 bits per heavy atom. The number of rotatable bonds is 5. The molecule has 1 aromatic rings. The van der Waals surface area contributed by atoms with Gasteiger partial charge in [0.05, 0.1) is 0 Å². The van der Waals surface area contributed by atoms with Gasteiger partial charge in [-0.2, -0.15) is 0 Å². The van der Waals surface area contributed by atoms with Gasteiger partial charge >= 0.3 is 11.9 Å². The molecule has 1 aromatic carbocycles. The maximum Gasteiger partial charge on any atom is 0.343 e. The van der Waals surface area contributed by atoms with E-state index in [4.69, 9.17) is 4.74 Å². The number of para-hydroxylation sites is 1. The van der Waals surface area contributed by atoms with Gasteiger partial charge in [0.1, 0.15) is 12.4 Å². The molecular formula is C13H14O5. The number of carbonyl (C=O) groups is 2. The molecule has 1 unspecified atom stereocenters. The van der Waals surface area contributed by atoms with Crippen LogP contribution in [0.3, 0.4) is 0 Å². The van der Waals surface area contributed by atoms with Gasteiger partial charge in [0.25, 0.3) is 0 Å². The molecule has 5 nitrogen and oxygen atoms in total. The third-order valence-corrected chi connectivity index (χ3v) is 1.95. The zero-order valence-electron chi connectivity index (χ0n) is 9.96. The van der Waals surface area contributed by atoms with Gasteiger partial charge in [0, 0.05) is 5.57 Å². The Balaban J connectivity index is 2.42. The third kappa shape index (κ3) is 4.39. The maximum absolute atomic E-state index is 11.4. The lowest BCUT2D eigenvalue weighted by Gasteiger charge is -2.10. The number of ether oxygens (including phenoxy) is 2. The minimum absolute atomic E-state index is 0.193. The first kappa shape index (κ1) is 13.9. The van der Waals surface area contributed by atoms with E-state index in [9.17, 15) is 14.7 Å². The normalized spacial score (nSPS) is 11.4. The molecule has 0 heterocycles. The zero-order chi connectivity index (χ0) is 13.5. The summed E-state index contributed by atoms with van der Waals surface area (Å²) >= 11 is 0. The molecule has 0 aromatic heterocycles. The minimum Gasteiger partial charge on any atom is -0.459 e. The molecule has 0 aliphatic carbocycles. The fraction of sp³-hybridized carbons (Fsp3) is 0.231. The molecule has 0 fully saturated rings. The number of aliphatic hydroxyl groups is 1. The molecule has 1 atom stereocenters. The molecule has 0 bridgehead atoms. The molecule has 5 heteroatoms. The van der Waals surface area contributed by atoms with E-state index in [1.807, 2.05) is 0 Å². The summed E-state index contributed by atoms with van der Waals surface area (Å²) < 4.78 is 9.50. The highest BCUT2D eigenvalue weighted by atomic mass is 16.6. The molecule has 0 aliphatic rings. The predicted octanol–water partition coefficient (Wildman–Crippen LogP) is 1.07. The molecule has 0 saturated carbocycles. The van der Waals surface area contributed by atoms with Crippen LogP contribution in [0.15, 0.2) is 42.5 Å². The Bertz CT molecular complexity index is 438. The lowest BCUT2D eigenvalue weighted by molar-refractivity contribution is -0.152. The quantitative estimate of drug-likeness (QED) is 0.481. The summed E-state index contributed by atoms with van der Waals surface area (Å²) in [5, 5.41) is 9.43. The predicted molar refractivity (Wildman–Crippen MR) is 63.9 cm³/mol. The highest BCUT2D eigenvalue weighted by Gasteiger charge is 2.19. The second-order valence-electron chi connectivity index (χ2n) is 3.63. The van der Waals surface area contributed by atoms with E-state index in [2.05, 4.69) is 11.3 Å². The van der Waals surface area contributed by atoms with Crippen LogP contribution in [-0.2, 0) is 14.3 Å². The standard InChI is InChI=1S/C13H14O5/c1-9(2)12(15)17-8-11(14)13(16)18-10-6-4-3-5-7-10/h3-7,11,14H,1,8H2,2H3. The number of esters is 2. The van der Waals surface area contributed by atoms with Gasteiger partial charge in [-0.1, -0.05) is 24.8 Å². The summed E-state index contributed by atoms with van der Waals surface area (Å²) in [4.78, 5) is 22.5. The van der Waals surface area contributed by atoms with Crippen molar-refractivity contribution in [2.45, 2.75) is 13.0 Å². The summed E-state index contributed by atoms with van der Waals surface area (Å²) in [6.45, 7) is 4.38. The largest absolute Gasteiger partial charge is 0.459 e. The van der Waals surface area contributed by atoms with Crippen molar-refractivity contribution in [3.63, 3.8) is 0 Å². The monoisotopic (exact) mass is 250 g/mol. The van der Waals surface area contributed by atoms with Crippen LogP contribution in [-0.4, -0.2) is 29.8 Å². The first-order chi connectivity index (χ1) is 8.50. The van der Waals surface area contributed by atoms with Gasteiger partial charge < -0.3 is 14.6 Å². The van der Waals surface area contributed by atoms with Gasteiger partial charge in [-0.25, -0.2) is 9.59 Å². The Morgan fingerprint density at radius 3 is 2.50 bits per heavy atom. The zero-order valence-corrected chi connectivity index (χ0v) is 9.96. The van der Waals surface area contributed by atoms with Crippen LogP contribution in [0, 0.1) is 0 Å². The van der Waals surface area contributed by atoms with Crippen molar-refractivity contribution in [2.24, 2.45) is 0 Å². The molecule has 1 N–H and O–H groups in total. The topological polar surface area (TPSA) is 72.8 Å². The number of benzene rings is 1.